The Morgan fingerprint density at radius 2 is 2.24 bits per heavy atom. The van der Waals surface area contributed by atoms with Gasteiger partial charge in [-0.3, -0.25) is 0 Å². The van der Waals surface area contributed by atoms with Crippen LogP contribution in [0.3, 0.4) is 0 Å². The highest BCUT2D eigenvalue weighted by Gasteiger charge is 2.17. The molecule has 0 radical (unpaired) electrons. The first kappa shape index (κ1) is 14.2. The van der Waals surface area contributed by atoms with Gasteiger partial charge >= 0.3 is 0 Å². The highest BCUT2D eigenvalue weighted by Crippen LogP contribution is 2.23. The number of nitriles is 1. The van der Waals surface area contributed by atoms with E-state index in [1.165, 1.54) is 25.7 Å². The molecule has 21 heavy (non-hydrogen) atoms. The molecule has 2 aromatic rings. The van der Waals surface area contributed by atoms with E-state index in [-0.39, 0.29) is 0 Å². The molecule has 2 unspecified atom stereocenters. The lowest BCUT2D eigenvalue weighted by Crippen LogP contribution is -2.35. The molecule has 0 spiro atoms. The van der Waals surface area contributed by atoms with Crippen LogP contribution in [0.1, 0.15) is 38.2 Å². The van der Waals surface area contributed by atoms with Gasteiger partial charge in [0.25, 0.3) is 0 Å². The van der Waals surface area contributed by atoms with Crippen molar-refractivity contribution >= 4 is 10.9 Å². The van der Waals surface area contributed by atoms with E-state index in [0.29, 0.717) is 6.04 Å². The average molecular weight is 281 g/mol. The topological polar surface area (TPSA) is 40.8 Å². The van der Waals surface area contributed by atoms with Crippen molar-refractivity contribution in [1.29, 1.82) is 5.26 Å². The van der Waals surface area contributed by atoms with Crippen LogP contribution in [0.2, 0.25) is 0 Å². The second kappa shape index (κ2) is 6.32. The SMILES string of the molecule is CC1CCCC(NCCn2ccc3c(C#N)cccc32)C1. The Morgan fingerprint density at radius 3 is 3.05 bits per heavy atom. The molecule has 1 aromatic heterocycles. The van der Waals surface area contributed by atoms with Crippen molar-refractivity contribution in [3.05, 3.63) is 36.0 Å². The van der Waals surface area contributed by atoms with Gasteiger partial charge in [-0.2, -0.15) is 5.26 Å². The van der Waals surface area contributed by atoms with Crippen molar-refractivity contribution in [2.75, 3.05) is 6.54 Å². The summed E-state index contributed by atoms with van der Waals surface area (Å²) in [5.41, 5.74) is 1.92. The Labute approximate surface area is 126 Å². The van der Waals surface area contributed by atoms with Crippen LogP contribution in [0, 0.1) is 17.2 Å². The first-order valence-electron chi connectivity index (χ1n) is 7.99. The molecule has 1 aliphatic rings. The Morgan fingerprint density at radius 1 is 1.33 bits per heavy atom. The molecule has 1 aliphatic carbocycles. The Bertz CT molecular complexity index is 650. The summed E-state index contributed by atoms with van der Waals surface area (Å²) >= 11 is 0. The van der Waals surface area contributed by atoms with Gasteiger partial charge < -0.3 is 9.88 Å². The number of nitrogens with one attached hydrogen (secondary N) is 1. The fraction of sp³-hybridized carbons (Fsp3) is 0.500. The van der Waals surface area contributed by atoms with Crippen LogP contribution in [0.25, 0.3) is 10.9 Å². The molecule has 1 heterocycles. The highest BCUT2D eigenvalue weighted by atomic mass is 15.0. The molecular weight excluding hydrogens is 258 g/mol. The maximum absolute atomic E-state index is 9.14. The van der Waals surface area contributed by atoms with Gasteiger partial charge in [0.1, 0.15) is 0 Å². The van der Waals surface area contributed by atoms with E-state index < -0.39 is 0 Å². The van der Waals surface area contributed by atoms with Crippen LogP contribution in [0.5, 0.6) is 0 Å². The van der Waals surface area contributed by atoms with Gasteiger partial charge in [0.15, 0.2) is 0 Å². The van der Waals surface area contributed by atoms with E-state index in [1.807, 2.05) is 12.1 Å². The van der Waals surface area contributed by atoms with E-state index in [2.05, 4.69) is 41.2 Å². The number of hydrogen-bond donors (Lipinski definition) is 1. The van der Waals surface area contributed by atoms with Crippen molar-refractivity contribution in [2.24, 2.45) is 5.92 Å². The van der Waals surface area contributed by atoms with Crippen molar-refractivity contribution in [2.45, 2.75) is 45.2 Å². The zero-order valence-corrected chi connectivity index (χ0v) is 12.7. The van der Waals surface area contributed by atoms with Crippen LogP contribution in [-0.2, 0) is 6.54 Å². The van der Waals surface area contributed by atoms with Gasteiger partial charge in [-0.05, 0) is 37.0 Å². The summed E-state index contributed by atoms with van der Waals surface area (Å²) in [6, 6.07) is 10.9. The summed E-state index contributed by atoms with van der Waals surface area (Å²) in [4.78, 5) is 0. The number of benzene rings is 1. The van der Waals surface area contributed by atoms with Crippen LogP contribution >= 0.6 is 0 Å². The van der Waals surface area contributed by atoms with Crippen LogP contribution in [0.4, 0.5) is 0 Å². The molecule has 1 saturated carbocycles. The zero-order chi connectivity index (χ0) is 14.7. The molecule has 1 aromatic carbocycles. The lowest BCUT2D eigenvalue weighted by Gasteiger charge is -2.27. The third-order valence-electron chi connectivity index (χ3n) is 4.66. The van der Waals surface area contributed by atoms with Crippen molar-refractivity contribution in [1.82, 2.24) is 9.88 Å². The van der Waals surface area contributed by atoms with Crippen LogP contribution < -0.4 is 5.32 Å². The minimum atomic E-state index is 0.685. The molecule has 2 atom stereocenters. The number of hydrogen-bond acceptors (Lipinski definition) is 2. The van der Waals surface area contributed by atoms with Crippen molar-refractivity contribution in [3.63, 3.8) is 0 Å². The summed E-state index contributed by atoms with van der Waals surface area (Å²) in [6.07, 6.45) is 7.46. The van der Waals surface area contributed by atoms with Crippen LogP contribution in [-0.4, -0.2) is 17.2 Å². The Kier molecular flexibility index (Phi) is 4.26. The normalized spacial score (nSPS) is 22.3. The van der Waals surface area contributed by atoms with E-state index in [9.17, 15) is 0 Å². The quantitative estimate of drug-likeness (QED) is 0.928. The van der Waals surface area contributed by atoms with E-state index in [4.69, 9.17) is 5.26 Å². The average Bonchev–Trinajstić information content (AvgIpc) is 2.91. The predicted octanol–water partition coefficient (Wildman–Crippen LogP) is 3.68. The van der Waals surface area contributed by atoms with Crippen LogP contribution in [0.15, 0.2) is 30.5 Å². The minimum Gasteiger partial charge on any atom is -0.346 e. The molecule has 3 rings (SSSR count). The summed E-state index contributed by atoms with van der Waals surface area (Å²) in [6.45, 7) is 4.32. The molecule has 0 aliphatic heterocycles. The molecule has 1 fully saturated rings. The summed E-state index contributed by atoms with van der Waals surface area (Å²) < 4.78 is 2.25. The summed E-state index contributed by atoms with van der Waals surface area (Å²) in [5, 5.41) is 13.9. The standard InChI is InChI=1S/C18H23N3/c1-14-4-2-6-16(12-14)20-9-11-21-10-8-17-15(13-19)5-3-7-18(17)21/h3,5,7-8,10,14,16,20H,2,4,6,9,11-12H2,1H3. The van der Waals surface area contributed by atoms with E-state index in [0.717, 1.165) is 35.5 Å². The molecular formula is C18H23N3. The largest absolute Gasteiger partial charge is 0.346 e. The maximum atomic E-state index is 9.14. The molecule has 3 heteroatoms. The molecule has 0 saturated heterocycles. The molecule has 1 N–H and O–H groups in total. The van der Waals surface area contributed by atoms with E-state index in [1.54, 1.807) is 0 Å². The van der Waals surface area contributed by atoms with E-state index >= 15 is 0 Å². The minimum absolute atomic E-state index is 0.685. The van der Waals surface area contributed by atoms with Gasteiger partial charge in [-0.15, -0.1) is 0 Å². The number of nitrogens with zero attached hydrogens (tertiary/aromatic N) is 2. The fourth-order valence-corrected chi connectivity index (χ4v) is 3.52. The van der Waals surface area contributed by atoms with Gasteiger partial charge in [-0.25, -0.2) is 0 Å². The van der Waals surface area contributed by atoms with Gasteiger partial charge in [0.05, 0.1) is 11.6 Å². The van der Waals surface area contributed by atoms with Gasteiger partial charge in [0.2, 0.25) is 0 Å². The summed E-state index contributed by atoms with van der Waals surface area (Å²) in [7, 11) is 0. The molecule has 110 valence electrons. The Hall–Kier alpha value is -1.79. The molecule has 3 nitrogen and oxygen atoms in total. The number of rotatable bonds is 4. The third kappa shape index (κ3) is 3.11. The predicted molar refractivity (Wildman–Crippen MR) is 86.1 cm³/mol. The molecule has 0 amide bonds. The second-order valence-electron chi connectivity index (χ2n) is 6.28. The fourth-order valence-electron chi connectivity index (χ4n) is 3.52. The van der Waals surface area contributed by atoms with Gasteiger partial charge in [0, 0.05) is 36.2 Å². The zero-order valence-electron chi connectivity index (χ0n) is 12.7. The monoisotopic (exact) mass is 281 g/mol. The van der Waals surface area contributed by atoms with Crippen molar-refractivity contribution in [3.8, 4) is 6.07 Å². The lowest BCUT2D eigenvalue weighted by molar-refractivity contribution is 0.299. The first-order valence-corrected chi connectivity index (χ1v) is 7.99. The second-order valence-corrected chi connectivity index (χ2v) is 6.28. The number of fused-ring (bicyclic) bond motifs is 1. The Balaban J connectivity index is 1.62. The first-order chi connectivity index (χ1) is 10.3. The highest BCUT2D eigenvalue weighted by molar-refractivity contribution is 5.85. The molecule has 0 bridgehead atoms. The van der Waals surface area contributed by atoms with Crippen molar-refractivity contribution < 1.29 is 0 Å². The van der Waals surface area contributed by atoms with Gasteiger partial charge in [-0.1, -0.05) is 25.8 Å². The summed E-state index contributed by atoms with van der Waals surface area (Å²) in [5.74, 6) is 0.863. The third-order valence-corrected chi connectivity index (χ3v) is 4.66. The smallest absolute Gasteiger partial charge is 0.0998 e. The number of aromatic nitrogens is 1. The lowest BCUT2D eigenvalue weighted by atomic mass is 9.87. The maximum Gasteiger partial charge on any atom is 0.0998 e.